The van der Waals surface area contributed by atoms with Crippen LogP contribution < -0.4 is 0 Å². The van der Waals surface area contributed by atoms with E-state index in [-0.39, 0.29) is 26.1 Å². The highest BCUT2D eigenvalue weighted by Gasteiger charge is 2.15. The van der Waals surface area contributed by atoms with Crippen molar-refractivity contribution in [3.05, 3.63) is 12.2 Å². The maximum atomic E-state index is 9.22. The average Bonchev–Trinajstić information content (AvgIpc) is 2.04. The van der Waals surface area contributed by atoms with E-state index >= 15 is 0 Å². The summed E-state index contributed by atoms with van der Waals surface area (Å²) >= 11 is 0. The van der Waals surface area contributed by atoms with Crippen LogP contribution in [0.4, 0.5) is 0 Å². The topological polar surface area (TPSA) is 80.9 Å². The molecule has 4 heteroatoms. The Morgan fingerprint density at radius 2 is 1.75 bits per heavy atom. The van der Waals surface area contributed by atoms with Crippen molar-refractivity contribution < 1.29 is 20.4 Å². The summed E-state index contributed by atoms with van der Waals surface area (Å²) in [5.41, 5.74) is 0.472. The number of rotatable bonds is 6. The highest BCUT2D eigenvalue weighted by Crippen LogP contribution is 2.08. The van der Waals surface area contributed by atoms with Gasteiger partial charge in [-0.05, 0) is 18.4 Å². The van der Waals surface area contributed by atoms with Crippen LogP contribution >= 0.6 is 0 Å². The van der Waals surface area contributed by atoms with Crippen LogP contribution in [0.1, 0.15) is 12.8 Å². The minimum atomic E-state index is -0.947. The van der Waals surface area contributed by atoms with E-state index in [4.69, 9.17) is 15.3 Å². The second kappa shape index (κ2) is 6.14. The Hall–Kier alpha value is -0.420. The molecule has 0 saturated carbocycles. The monoisotopic (exact) mass is 176 g/mol. The summed E-state index contributed by atoms with van der Waals surface area (Å²) in [6, 6.07) is 0. The van der Waals surface area contributed by atoms with Gasteiger partial charge in [0, 0.05) is 6.61 Å². The largest absolute Gasteiger partial charge is 0.396 e. The predicted molar refractivity (Wildman–Crippen MR) is 44.6 cm³/mol. The maximum absolute atomic E-state index is 9.22. The van der Waals surface area contributed by atoms with E-state index in [1.54, 1.807) is 0 Å². The summed E-state index contributed by atoms with van der Waals surface area (Å²) in [5.74, 6) is 0. The van der Waals surface area contributed by atoms with Crippen molar-refractivity contribution in [3.63, 3.8) is 0 Å². The molecule has 4 nitrogen and oxygen atoms in total. The molecule has 0 fully saturated rings. The van der Waals surface area contributed by atoms with Crippen LogP contribution in [-0.4, -0.2) is 45.8 Å². The van der Waals surface area contributed by atoms with Gasteiger partial charge in [0.25, 0.3) is 0 Å². The van der Waals surface area contributed by atoms with Crippen LogP contribution in [0.3, 0.4) is 0 Å². The highest BCUT2D eigenvalue weighted by atomic mass is 16.3. The van der Waals surface area contributed by atoms with Gasteiger partial charge in [0.05, 0.1) is 18.8 Å². The quantitative estimate of drug-likeness (QED) is 0.392. The fourth-order valence-corrected chi connectivity index (χ4v) is 0.821. The minimum Gasteiger partial charge on any atom is -0.396 e. The van der Waals surface area contributed by atoms with Gasteiger partial charge < -0.3 is 20.4 Å². The maximum Gasteiger partial charge on any atom is 0.0837 e. The van der Waals surface area contributed by atoms with E-state index in [2.05, 4.69) is 6.58 Å². The van der Waals surface area contributed by atoms with E-state index in [0.29, 0.717) is 5.57 Å². The molecule has 2 unspecified atom stereocenters. The molecule has 0 aliphatic carbocycles. The van der Waals surface area contributed by atoms with Crippen LogP contribution in [0.5, 0.6) is 0 Å². The zero-order chi connectivity index (χ0) is 9.56. The Balaban J connectivity index is 3.69. The molecule has 0 aromatic heterocycles. The van der Waals surface area contributed by atoms with Gasteiger partial charge in [0.15, 0.2) is 0 Å². The lowest BCUT2D eigenvalue weighted by atomic mass is 10.0. The Morgan fingerprint density at radius 3 is 2.17 bits per heavy atom. The lowest BCUT2D eigenvalue weighted by molar-refractivity contribution is 0.00498. The second-order valence-corrected chi connectivity index (χ2v) is 2.76. The van der Waals surface area contributed by atoms with Crippen molar-refractivity contribution in [2.45, 2.75) is 25.0 Å². The Bertz CT molecular complexity index is 135. The number of aliphatic hydroxyl groups is 4. The van der Waals surface area contributed by atoms with Crippen LogP contribution in [-0.2, 0) is 0 Å². The third-order valence-corrected chi connectivity index (χ3v) is 1.59. The predicted octanol–water partition coefficient (Wildman–Crippen LogP) is -0.971. The van der Waals surface area contributed by atoms with Crippen LogP contribution in [0.15, 0.2) is 12.2 Å². The van der Waals surface area contributed by atoms with Crippen LogP contribution in [0.25, 0.3) is 0 Å². The summed E-state index contributed by atoms with van der Waals surface area (Å²) in [7, 11) is 0. The molecule has 0 radical (unpaired) electrons. The van der Waals surface area contributed by atoms with Crippen LogP contribution in [0, 0.1) is 0 Å². The average molecular weight is 176 g/mol. The van der Waals surface area contributed by atoms with Gasteiger partial charge in [-0.3, -0.25) is 0 Å². The molecule has 0 aliphatic heterocycles. The SMILES string of the molecule is C=C(CO)CC(O)C(O)CCO. The molecule has 0 aromatic rings. The third kappa shape index (κ3) is 4.46. The van der Waals surface area contributed by atoms with Crippen molar-refractivity contribution in [1.82, 2.24) is 0 Å². The second-order valence-electron chi connectivity index (χ2n) is 2.76. The van der Waals surface area contributed by atoms with E-state index < -0.39 is 12.2 Å². The normalized spacial score (nSPS) is 15.7. The first kappa shape index (κ1) is 11.6. The third-order valence-electron chi connectivity index (χ3n) is 1.59. The molecule has 0 spiro atoms. The fraction of sp³-hybridized carbons (Fsp3) is 0.750. The Labute approximate surface area is 71.8 Å². The van der Waals surface area contributed by atoms with Gasteiger partial charge >= 0.3 is 0 Å². The minimum absolute atomic E-state index is 0.139. The van der Waals surface area contributed by atoms with E-state index in [1.807, 2.05) is 0 Å². The molecule has 0 rings (SSSR count). The van der Waals surface area contributed by atoms with Crippen molar-refractivity contribution in [1.29, 1.82) is 0 Å². The van der Waals surface area contributed by atoms with Gasteiger partial charge in [-0.2, -0.15) is 0 Å². The van der Waals surface area contributed by atoms with Crippen molar-refractivity contribution in [3.8, 4) is 0 Å². The number of hydrogen-bond acceptors (Lipinski definition) is 4. The smallest absolute Gasteiger partial charge is 0.0837 e. The molecule has 0 heterocycles. The molecule has 0 bridgehead atoms. The van der Waals surface area contributed by atoms with Crippen LogP contribution in [0.2, 0.25) is 0 Å². The summed E-state index contributed by atoms with van der Waals surface area (Å²) in [6.07, 6.45) is -1.59. The zero-order valence-corrected chi connectivity index (χ0v) is 6.98. The molecule has 12 heavy (non-hydrogen) atoms. The lowest BCUT2D eigenvalue weighted by Gasteiger charge is -2.16. The van der Waals surface area contributed by atoms with E-state index in [0.717, 1.165) is 0 Å². The first-order chi connectivity index (χ1) is 5.61. The first-order valence-corrected chi connectivity index (χ1v) is 3.86. The zero-order valence-electron chi connectivity index (χ0n) is 6.98. The Morgan fingerprint density at radius 1 is 1.17 bits per heavy atom. The van der Waals surface area contributed by atoms with E-state index in [1.165, 1.54) is 0 Å². The fourth-order valence-electron chi connectivity index (χ4n) is 0.821. The molecular formula is C8H16O4. The summed E-state index contributed by atoms with van der Waals surface area (Å²) in [5, 5.41) is 35.3. The van der Waals surface area contributed by atoms with Gasteiger partial charge in [0.2, 0.25) is 0 Å². The van der Waals surface area contributed by atoms with Crippen molar-refractivity contribution >= 4 is 0 Å². The standard InChI is InChI=1S/C8H16O4/c1-6(5-10)4-8(12)7(11)2-3-9/h7-12H,1-5H2. The molecule has 4 N–H and O–H groups in total. The van der Waals surface area contributed by atoms with Gasteiger partial charge in [-0.15, -0.1) is 0 Å². The van der Waals surface area contributed by atoms with E-state index in [9.17, 15) is 5.11 Å². The molecule has 0 aromatic carbocycles. The molecule has 2 atom stereocenters. The summed E-state index contributed by atoms with van der Waals surface area (Å²) in [4.78, 5) is 0. The highest BCUT2D eigenvalue weighted by molar-refractivity contribution is 4.96. The Kier molecular flexibility index (Phi) is 5.92. The molecule has 0 amide bonds. The lowest BCUT2D eigenvalue weighted by Crippen LogP contribution is -2.27. The number of aliphatic hydroxyl groups excluding tert-OH is 4. The number of hydrogen-bond donors (Lipinski definition) is 4. The van der Waals surface area contributed by atoms with Gasteiger partial charge in [0.1, 0.15) is 0 Å². The van der Waals surface area contributed by atoms with Crippen molar-refractivity contribution in [2.75, 3.05) is 13.2 Å². The molecule has 0 aliphatic rings. The first-order valence-electron chi connectivity index (χ1n) is 3.86. The van der Waals surface area contributed by atoms with Gasteiger partial charge in [-0.1, -0.05) is 6.58 Å². The molecule has 0 saturated heterocycles. The molecule has 72 valence electrons. The van der Waals surface area contributed by atoms with Crippen molar-refractivity contribution in [2.24, 2.45) is 0 Å². The van der Waals surface area contributed by atoms with Gasteiger partial charge in [-0.25, -0.2) is 0 Å². The molecular weight excluding hydrogens is 160 g/mol. The summed E-state index contributed by atoms with van der Waals surface area (Å²) < 4.78 is 0. The summed E-state index contributed by atoms with van der Waals surface area (Å²) in [6.45, 7) is 3.12.